The molecule has 1 aliphatic heterocycles. The first-order chi connectivity index (χ1) is 18.6. The van der Waals surface area contributed by atoms with E-state index in [1.165, 1.54) is 36.4 Å². The van der Waals surface area contributed by atoms with Crippen LogP contribution in [0.1, 0.15) is 28.4 Å². The average Bonchev–Trinajstić information content (AvgIpc) is 2.87. The second-order valence-electron chi connectivity index (χ2n) is 8.10. The highest BCUT2D eigenvalue weighted by atomic mass is 35.5. The molecule has 2 amide bonds. The van der Waals surface area contributed by atoms with Gasteiger partial charge in [-0.15, -0.1) is 0 Å². The number of hydrogen-bond donors (Lipinski definition) is 2. The summed E-state index contributed by atoms with van der Waals surface area (Å²) in [5, 5.41) is 12.7. The van der Waals surface area contributed by atoms with Crippen molar-refractivity contribution in [2.24, 2.45) is 0 Å². The summed E-state index contributed by atoms with van der Waals surface area (Å²) in [6, 6.07) is 13.7. The fourth-order valence-electron chi connectivity index (χ4n) is 3.70. The second-order valence-corrected chi connectivity index (χ2v) is 9.74. The number of hydrogen-bond acceptors (Lipinski definition) is 6. The monoisotopic (exact) mass is 604 g/mol. The Balaban J connectivity index is 1.67. The largest absolute Gasteiger partial charge is 0.490 e. The number of thiocarbonyl (C=S) groups is 1. The summed E-state index contributed by atoms with van der Waals surface area (Å²) < 4.78 is 11.6. The van der Waals surface area contributed by atoms with E-state index in [0.29, 0.717) is 21.2 Å². The summed E-state index contributed by atoms with van der Waals surface area (Å²) in [6.45, 7) is 2.15. The van der Waals surface area contributed by atoms with Gasteiger partial charge in [-0.05, 0) is 73.2 Å². The SMILES string of the molecule is CCOc1cc(C=C2C(=O)NC(=S)N(c3cccc(C(=O)O)c3)C2=O)cc(Cl)c1OCc1ccc(Cl)cc1Cl. The highest BCUT2D eigenvalue weighted by molar-refractivity contribution is 7.80. The van der Waals surface area contributed by atoms with Crippen molar-refractivity contribution >= 4 is 81.7 Å². The maximum absolute atomic E-state index is 13.4. The molecule has 2 N–H and O–H groups in total. The van der Waals surface area contributed by atoms with Gasteiger partial charge in [0.1, 0.15) is 12.2 Å². The molecule has 0 radical (unpaired) electrons. The van der Waals surface area contributed by atoms with E-state index in [1.807, 2.05) is 0 Å². The van der Waals surface area contributed by atoms with E-state index < -0.39 is 17.8 Å². The van der Waals surface area contributed by atoms with Crippen molar-refractivity contribution in [3.63, 3.8) is 0 Å². The van der Waals surface area contributed by atoms with E-state index in [9.17, 15) is 19.5 Å². The van der Waals surface area contributed by atoms with Crippen LogP contribution in [0.25, 0.3) is 6.08 Å². The number of carboxylic acid groups (broad SMARTS) is 1. The first-order valence-electron chi connectivity index (χ1n) is 11.4. The molecular weight excluding hydrogens is 587 g/mol. The van der Waals surface area contributed by atoms with E-state index in [2.05, 4.69) is 5.32 Å². The highest BCUT2D eigenvalue weighted by Gasteiger charge is 2.35. The van der Waals surface area contributed by atoms with Gasteiger partial charge in [0.25, 0.3) is 11.8 Å². The summed E-state index contributed by atoms with van der Waals surface area (Å²) in [5.74, 6) is -2.10. The number of nitrogens with one attached hydrogen (secondary N) is 1. The van der Waals surface area contributed by atoms with Gasteiger partial charge in [-0.2, -0.15) is 0 Å². The Bertz CT molecular complexity index is 1540. The van der Waals surface area contributed by atoms with Gasteiger partial charge in [-0.3, -0.25) is 19.8 Å². The Kier molecular flexibility index (Phi) is 8.76. The highest BCUT2D eigenvalue weighted by Crippen LogP contribution is 2.38. The van der Waals surface area contributed by atoms with E-state index in [0.717, 1.165) is 4.90 Å². The minimum Gasteiger partial charge on any atom is -0.490 e. The number of anilines is 1. The fourth-order valence-corrected chi connectivity index (χ4v) is 4.72. The van der Waals surface area contributed by atoms with Gasteiger partial charge in [0.2, 0.25) is 0 Å². The maximum Gasteiger partial charge on any atom is 0.335 e. The maximum atomic E-state index is 13.4. The lowest BCUT2D eigenvalue weighted by molar-refractivity contribution is -0.122. The lowest BCUT2D eigenvalue weighted by Crippen LogP contribution is -2.54. The molecule has 200 valence electrons. The third kappa shape index (κ3) is 6.34. The summed E-state index contributed by atoms with van der Waals surface area (Å²) in [5.41, 5.74) is 0.955. The Morgan fingerprint density at radius 3 is 2.51 bits per heavy atom. The molecule has 0 bridgehead atoms. The van der Waals surface area contributed by atoms with Gasteiger partial charge in [-0.25, -0.2) is 4.79 Å². The number of ether oxygens (including phenoxy) is 2. The predicted molar refractivity (Wildman–Crippen MR) is 153 cm³/mol. The van der Waals surface area contributed by atoms with Gasteiger partial charge < -0.3 is 14.6 Å². The smallest absolute Gasteiger partial charge is 0.335 e. The van der Waals surface area contributed by atoms with Crippen molar-refractivity contribution in [2.75, 3.05) is 11.5 Å². The van der Waals surface area contributed by atoms with Crippen LogP contribution in [0.4, 0.5) is 5.69 Å². The minimum absolute atomic E-state index is 0.0471. The molecule has 0 aliphatic carbocycles. The topological polar surface area (TPSA) is 105 Å². The summed E-state index contributed by atoms with van der Waals surface area (Å²) in [6.07, 6.45) is 1.34. The molecule has 12 heteroatoms. The number of rotatable bonds is 8. The molecule has 0 saturated carbocycles. The quantitative estimate of drug-likeness (QED) is 0.180. The molecule has 39 heavy (non-hydrogen) atoms. The zero-order valence-corrected chi connectivity index (χ0v) is 23.2. The molecule has 0 atom stereocenters. The van der Waals surface area contributed by atoms with Crippen LogP contribution in [-0.4, -0.2) is 34.6 Å². The number of halogens is 3. The molecule has 3 aromatic rings. The van der Waals surface area contributed by atoms with Crippen molar-refractivity contribution in [1.82, 2.24) is 5.32 Å². The van der Waals surface area contributed by atoms with Crippen LogP contribution >= 0.6 is 47.0 Å². The Morgan fingerprint density at radius 2 is 1.82 bits per heavy atom. The summed E-state index contributed by atoms with van der Waals surface area (Å²) in [4.78, 5) is 38.5. The van der Waals surface area contributed by atoms with E-state index in [1.54, 1.807) is 31.2 Å². The fraction of sp³-hybridized carbons (Fsp3) is 0.111. The number of carbonyl (C=O) groups excluding carboxylic acids is 2. The Labute approximate surface area is 243 Å². The Morgan fingerprint density at radius 1 is 1.05 bits per heavy atom. The Hall–Kier alpha value is -3.63. The van der Waals surface area contributed by atoms with Crippen molar-refractivity contribution in [2.45, 2.75) is 13.5 Å². The zero-order chi connectivity index (χ0) is 28.3. The minimum atomic E-state index is -1.18. The van der Waals surface area contributed by atoms with Crippen molar-refractivity contribution in [1.29, 1.82) is 0 Å². The van der Waals surface area contributed by atoms with Gasteiger partial charge in [0.05, 0.1) is 22.9 Å². The molecule has 1 saturated heterocycles. The van der Waals surface area contributed by atoms with E-state index in [-0.39, 0.29) is 51.7 Å². The first-order valence-corrected chi connectivity index (χ1v) is 12.9. The van der Waals surface area contributed by atoms with Crippen molar-refractivity contribution in [3.8, 4) is 11.5 Å². The first kappa shape index (κ1) is 28.4. The lowest BCUT2D eigenvalue weighted by Gasteiger charge is -2.29. The van der Waals surface area contributed by atoms with Gasteiger partial charge in [0, 0.05) is 15.6 Å². The van der Waals surface area contributed by atoms with E-state index in [4.69, 9.17) is 56.5 Å². The molecule has 4 rings (SSSR count). The summed E-state index contributed by atoms with van der Waals surface area (Å²) in [7, 11) is 0. The number of nitrogens with zero attached hydrogens (tertiary/aromatic N) is 1. The number of carboxylic acids is 1. The number of amides is 2. The van der Waals surface area contributed by atoms with Crippen LogP contribution in [0.5, 0.6) is 11.5 Å². The van der Waals surface area contributed by atoms with Crippen molar-refractivity contribution < 1.29 is 29.0 Å². The number of aromatic carboxylic acids is 1. The predicted octanol–water partition coefficient (Wildman–Crippen LogP) is 6.15. The van der Waals surface area contributed by atoms with E-state index >= 15 is 0 Å². The third-order valence-corrected chi connectivity index (χ3v) is 6.64. The average molecular weight is 606 g/mol. The van der Waals surface area contributed by atoms with Crippen LogP contribution in [0.3, 0.4) is 0 Å². The van der Waals surface area contributed by atoms with Crippen LogP contribution in [0.2, 0.25) is 15.1 Å². The lowest BCUT2D eigenvalue weighted by atomic mass is 10.1. The van der Waals surface area contributed by atoms with Crippen molar-refractivity contribution in [3.05, 3.63) is 91.9 Å². The molecule has 0 unspecified atom stereocenters. The molecule has 0 spiro atoms. The molecule has 0 aromatic heterocycles. The molecule has 3 aromatic carbocycles. The standard InChI is InChI=1S/C27H19Cl3N2O6S/c1-2-37-22-10-14(9-21(30)23(22)38-13-16-6-7-17(28)12-20(16)29)8-19-24(33)31-27(39)32(25(19)34)18-5-3-4-15(11-18)26(35)36/h3-12H,2,13H2,1H3,(H,35,36)(H,31,33,39). The second kappa shape index (κ2) is 12.0. The van der Waals surface area contributed by atoms with Crippen LogP contribution in [0, 0.1) is 0 Å². The molecular formula is C27H19Cl3N2O6S. The van der Waals surface area contributed by atoms with Crippen LogP contribution in [0.15, 0.2) is 60.2 Å². The van der Waals surface area contributed by atoms with Crippen LogP contribution < -0.4 is 19.7 Å². The summed E-state index contributed by atoms with van der Waals surface area (Å²) >= 11 is 23.9. The molecule has 1 aliphatic rings. The van der Waals surface area contributed by atoms with Gasteiger partial charge >= 0.3 is 5.97 Å². The van der Waals surface area contributed by atoms with Gasteiger partial charge in [0.15, 0.2) is 16.6 Å². The number of benzene rings is 3. The normalized spacial score (nSPS) is 14.4. The zero-order valence-electron chi connectivity index (χ0n) is 20.2. The number of carbonyl (C=O) groups is 3. The molecule has 1 fully saturated rings. The van der Waals surface area contributed by atoms with Crippen LogP contribution in [-0.2, 0) is 16.2 Å². The van der Waals surface area contributed by atoms with Gasteiger partial charge in [-0.1, -0.05) is 46.9 Å². The molecule has 8 nitrogen and oxygen atoms in total. The molecule has 1 heterocycles. The third-order valence-electron chi connectivity index (χ3n) is 5.48.